The van der Waals surface area contributed by atoms with Crippen LogP contribution in [-0.4, -0.2) is 5.91 Å². The van der Waals surface area contributed by atoms with Crippen LogP contribution in [0.15, 0.2) is 36.4 Å². The summed E-state index contributed by atoms with van der Waals surface area (Å²) in [6.45, 7) is 3.84. The molecule has 2 rings (SSSR count). The van der Waals surface area contributed by atoms with Crippen LogP contribution in [0.25, 0.3) is 0 Å². The lowest BCUT2D eigenvalue weighted by atomic mass is 10.1. The number of anilines is 1. The highest BCUT2D eigenvalue weighted by Gasteiger charge is 2.10. The second-order valence-electron chi connectivity index (χ2n) is 4.93. The normalized spacial score (nSPS) is 12.0. The van der Waals surface area contributed by atoms with E-state index in [0.717, 1.165) is 16.8 Å². The lowest BCUT2D eigenvalue weighted by Gasteiger charge is -2.18. The van der Waals surface area contributed by atoms with Crippen molar-refractivity contribution in [3.63, 3.8) is 0 Å². The van der Waals surface area contributed by atoms with Gasteiger partial charge < -0.3 is 11.1 Å². The van der Waals surface area contributed by atoms with E-state index in [-0.39, 0.29) is 11.1 Å². The van der Waals surface area contributed by atoms with Crippen molar-refractivity contribution in [2.45, 2.75) is 19.9 Å². The van der Waals surface area contributed by atoms with Gasteiger partial charge in [-0.15, -0.1) is 0 Å². The molecule has 0 aliphatic rings. The Hall–Kier alpha value is -2.07. The predicted octanol–water partition coefficient (Wildman–Crippen LogP) is 4.06. The maximum Gasteiger partial charge on any atom is 0.248 e. The van der Waals surface area contributed by atoms with Gasteiger partial charge in [0.1, 0.15) is 5.82 Å². The number of aryl methyl sites for hydroxylation is 1. The van der Waals surface area contributed by atoms with E-state index in [2.05, 4.69) is 5.32 Å². The van der Waals surface area contributed by atoms with Gasteiger partial charge >= 0.3 is 0 Å². The summed E-state index contributed by atoms with van der Waals surface area (Å²) < 4.78 is 13.2. The van der Waals surface area contributed by atoms with Crippen LogP contribution in [0.2, 0.25) is 5.02 Å². The van der Waals surface area contributed by atoms with Crippen molar-refractivity contribution in [3.05, 3.63) is 63.9 Å². The molecule has 0 saturated heterocycles. The summed E-state index contributed by atoms with van der Waals surface area (Å²) in [5.41, 5.74) is 8.38. The van der Waals surface area contributed by atoms with Crippen LogP contribution in [0.4, 0.5) is 10.1 Å². The first-order chi connectivity index (χ1) is 9.88. The first kappa shape index (κ1) is 15.3. The number of carbonyl (C=O) groups excluding carboxylic acids is 1. The molecule has 0 radical (unpaired) electrons. The standard InChI is InChI=1S/C16H16ClFN2O/c1-9-7-12(16(19)21)4-6-15(9)20-10(2)11-3-5-14(18)13(17)8-11/h3-8,10,20H,1-2H3,(H2,19,21). The Morgan fingerprint density at radius 1 is 1.29 bits per heavy atom. The van der Waals surface area contributed by atoms with Gasteiger partial charge in [-0.05, 0) is 55.3 Å². The van der Waals surface area contributed by atoms with Crippen molar-refractivity contribution in [2.24, 2.45) is 5.73 Å². The van der Waals surface area contributed by atoms with Crippen LogP contribution in [-0.2, 0) is 0 Å². The van der Waals surface area contributed by atoms with E-state index in [9.17, 15) is 9.18 Å². The van der Waals surface area contributed by atoms with Gasteiger partial charge in [0, 0.05) is 17.3 Å². The van der Waals surface area contributed by atoms with Crippen LogP contribution in [0.3, 0.4) is 0 Å². The van der Waals surface area contributed by atoms with Crippen molar-refractivity contribution in [1.82, 2.24) is 0 Å². The number of halogens is 2. The molecule has 0 bridgehead atoms. The number of nitrogens with two attached hydrogens (primary N) is 1. The summed E-state index contributed by atoms with van der Waals surface area (Å²) in [6.07, 6.45) is 0. The Morgan fingerprint density at radius 2 is 2.00 bits per heavy atom. The fourth-order valence-corrected chi connectivity index (χ4v) is 2.27. The summed E-state index contributed by atoms with van der Waals surface area (Å²) in [6, 6.07) is 9.78. The molecule has 0 aliphatic carbocycles. The zero-order chi connectivity index (χ0) is 15.6. The van der Waals surface area contributed by atoms with E-state index in [1.807, 2.05) is 13.8 Å². The first-order valence-corrected chi connectivity index (χ1v) is 6.88. The largest absolute Gasteiger partial charge is 0.378 e. The smallest absolute Gasteiger partial charge is 0.248 e. The SMILES string of the molecule is Cc1cc(C(N)=O)ccc1NC(C)c1ccc(F)c(Cl)c1. The van der Waals surface area contributed by atoms with E-state index in [1.165, 1.54) is 6.07 Å². The molecule has 1 unspecified atom stereocenters. The third kappa shape index (κ3) is 3.52. The maximum atomic E-state index is 13.2. The summed E-state index contributed by atoms with van der Waals surface area (Å²) in [4.78, 5) is 11.1. The number of amides is 1. The molecule has 0 aliphatic heterocycles. The molecule has 5 heteroatoms. The minimum Gasteiger partial charge on any atom is -0.378 e. The van der Waals surface area contributed by atoms with Crippen molar-refractivity contribution in [3.8, 4) is 0 Å². The molecule has 0 heterocycles. The number of hydrogen-bond acceptors (Lipinski definition) is 2. The van der Waals surface area contributed by atoms with E-state index in [0.29, 0.717) is 5.56 Å². The minimum absolute atomic E-state index is 0.0544. The number of carbonyl (C=O) groups is 1. The quantitative estimate of drug-likeness (QED) is 0.895. The van der Waals surface area contributed by atoms with E-state index in [1.54, 1.807) is 30.3 Å². The predicted molar refractivity (Wildman–Crippen MR) is 83.1 cm³/mol. The van der Waals surface area contributed by atoms with Crippen LogP contribution in [0.5, 0.6) is 0 Å². The van der Waals surface area contributed by atoms with E-state index < -0.39 is 11.7 Å². The Kier molecular flexibility index (Phi) is 4.48. The molecule has 1 atom stereocenters. The molecule has 2 aromatic rings. The molecular weight excluding hydrogens is 291 g/mol. The number of benzene rings is 2. The molecule has 2 aromatic carbocycles. The van der Waals surface area contributed by atoms with Crippen LogP contribution < -0.4 is 11.1 Å². The highest BCUT2D eigenvalue weighted by Crippen LogP contribution is 2.25. The highest BCUT2D eigenvalue weighted by molar-refractivity contribution is 6.30. The molecule has 110 valence electrons. The van der Waals surface area contributed by atoms with Crippen LogP contribution >= 0.6 is 11.6 Å². The van der Waals surface area contributed by atoms with Crippen molar-refractivity contribution in [1.29, 1.82) is 0 Å². The molecule has 0 aromatic heterocycles. The number of hydrogen-bond donors (Lipinski definition) is 2. The van der Waals surface area contributed by atoms with Gasteiger partial charge in [0.2, 0.25) is 5.91 Å². The monoisotopic (exact) mass is 306 g/mol. The maximum absolute atomic E-state index is 13.2. The number of rotatable bonds is 4. The second kappa shape index (κ2) is 6.14. The van der Waals surface area contributed by atoms with Gasteiger partial charge in [-0.25, -0.2) is 4.39 Å². The zero-order valence-electron chi connectivity index (χ0n) is 11.8. The van der Waals surface area contributed by atoms with Gasteiger partial charge in [0.15, 0.2) is 0 Å². The Morgan fingerprint density at radius 3 is 2.57 bits per heavy atom. The highest BCUT2D eigenvalue weighted by atomic mass is 35.5. The lowest BCUT2D eigenvalue weighted by molar-refractivity contribution is 0.1000. The molecule has 0 fully saturated rings. The summed E-state index contributed by atoms with van der Waals surface area (Å²) >= 11 is 5.79. The van der Waals surface area contributed by atoms with E-state index >= 15 is 0 Å². The number of primary amides is 1. The van der Waals surface area contributed by atoms with Gasteiger partial charge in [-0.2, -0.15) is 0 Å². The fourth-order valence-electron chi connectivity index (χ4n) is 2.08. The molecule has 3 nitrogen and oxygen atoms in total. The lowest BCUT2D eigenvalue weighted by Crippen LogP contribution is -2.12. The average molecular weight is 307 g/mol. The van der Waals surface area contributed by atoms with Crippen molar-refractivity contribution < 1.29 is 9.18 Å². The van der Waals surface area contributed by atoms with Crippen LogP contribution in [0.1, 0.15) is 34.5 Å². The first-order valence-electron chi connectivity index (χ1n) is 6.50. The minimum atomic E-state index is -0.456. The van der Waals surface area contributed by atoms with Crippen LogP contribution in [0, 0.1) is 12.7 Å². The van der Waals surface area contributed by atoms with Gasteiger partial charge in [-0.3, -0.25) is 4.79 Å². The molecule has 21 heavy (non-hydrogen) atoms. The van der Waals surface area contributed by atoms with Crippen molar-refractivity contribution in [2.75, 3.05) is 5.32 Å². The summed E-state index contributed by atoms with van der Waals surface area (Å²) in [7, 11) is 0. The molecule has 3 N–H and O–H groups in total. The third-order valence-corrected chi connectivity index (χ3v) is 3.62. The fraction of sp³-hybridized carbons (Fsp3) is 0.188. The third-order valence-electron chi connectivity index (χ3n) is 3.33. The van der Waals surface area contributed by atoms with Gasteiger partial charge in [-0.1, -0.05) is 17.7 Å². The Balaban J connectivity index is 2.21. The van der Waals surface area contributed by atoms with Gasteiger partial charge in [0.25, 0.3) is 0 Å². The number of nitrogens with one attached hydrogen (secondary N) is 1. The summed E-state index contributed by atoms with van der Waals surface area (Å²) in [5, 5.41) is 3.41. The summed E-state index contributed by atoms with van der Waals surface area (Å²) in [5.74, 6) is -0.891. The molecule has 1 amide bonds. The Bertz CT molecular complexity index is 688. The topological polar surface area (TPSA) is 55.1 Å². The van der Waals surface area contributed by atoms with Gasteiger partial charge in [0.05, 0.1) is 5.02 Å². The second-order valence-corrected chi connectivity index (χ2v) is 5.34. The average Bonchev–Trinajstić information content (AvgIpc) is 2.43. The zero-order valence-corrected chi connectivity index (χ0v) is 12.5. The molecule has 0 spiro atoms. The van der Waals surface area contributed by atoms with E-state index in [4.69, 9.17) is 17.3 Å². The molecular formula is C16H16ClFN2O. The Labute approximate surface area is 127 Å². The van der Waals surface area contributed by atoms with Crippen molar-refractivity contribution >= 4 is 23.2 Å². The molecule has 0 saturated carbocycles.